The van der Waals surface area contributed by atoms with Gasteiger partial charge in [-0.1, -0.05) is 12.1 Å². The van der Waals surface area contributed by atoms with Gasteiger partial charge in [-0.2, -0.15) is 0 Å². The number of nitrogen functional groups attached to an aromatic ring is 1. The molecule has 0 heterocycles. The van der Waals surface area contributed by atoms with Gasteiger partial charge in [-0.15, -0.1) is 0 Å². The van der Waals surface area contributed by atoms with Crippen molar-refractivity contribution in [3.63, 3.8) is 0 Å². The normalized spacial score (nSPS) is 11.4. The van der Waals surface area contributed by atoms with Crippen molar-refractivity contribution in [2.24, 2.45) is 0 Å². The van der Waals surface area contributed by atoms with Crippen LogP contribution in [0, 0.1) is 10.1 Å². The minimum Gasteiger partial charge on any atom is -0.497 e. The highest BCUT2D eigenvalue weighted by atomic mass is 16.6. The highest BCUT2D eigenvalue weighted by Crippen LogP contribution is 2.21. The average Bonchev–Trinajstić information content (AvgIpc) is 2.68. The first-order valence-electron chi connectivity index (χ1n) is 8.47. The van der Waals surface area contributed by atoms with Gasteiger partial charge in [0.15, 0.2) is 6.10 Å². The second kappa shape index (κ2) is 9.36. The van der Waals surface area contributed by atoms with Crippen LogP contribution in [-0.2, 0) is 16.0 Å². The van der Waals surface area contributed by atoms with Crippen LogP contribution in [-0.4, -0.2) is 36.6 Å². The Morgan fingerprint density at radius 1 is 1.21 bits per heavy atom. The largest absolute Gasteiger partial charge is 0.497 e. The van der Waals surface area contributed by atoms with Gasteiger partial charge < -0.3 is 20.5 Å². The molecule has 2 aromatic carbocycles. The van der Waals surface area contributed by atoms with Crippen LogP contribution in [0.25, 0.3) is 0 Å². The molecule has 0 unspecified atom stereocenters. The number of nitro benzene ring substituents is 1. The maximum Gasteiger partial charge on any atom is 0.341 e. The number of non-ortho nitro benzene ring substituents is 1. The van der Waals surface area contributed by atoms with Crippen LogP contribution >= 0.6 is 0 Å². The minimum atomic E-state index is -1.04. The Bertz CT molecular complexity index is 866. The molecule has 0 aliphatic heterocycles. The third kappa shape index (κ3) is 5.44. The second-order valence-electron chi connectivity index (χ2n) is 5.97. The van der Waals surface area contributed by atoms with Crippen molar-refractivity contribution >= 4 is 23.3 Å². The second-order valence-corrected chi connectivity index (χ2v) is 5.97. The molecule has 0 aliphatic carbocycles. The van der Waals surface area contributed by atoms with Gasteiger partial charge in [-0.3, -0.25) is 14.9 Å². The van der Waals surface area contributed by atoms with Crippen LogP contribution in [0.3, 0.4) is 0 Å². The molecule has 0 fully saturated rings. The van der Waals surface area contributed by atoms with Gasteiger partial charge in [0, 0.05) is 18.7 Å². The van der Waals surface area contributed by atoms with Crippen LogP contribution in [0.2, 0.25) is 0 Å². The Labute approximate surface area is 161 Å². The van der Waals surface area contributed by atoms with E-state index in [0.29, 0.717) is 13.0 Å². The van der Waals surface area contributed by atoms with Gasteiger partial charge in [0.2, 0.25) is 0 Å². The molecule has 0 bridgehead atoms. The van der Waals surface area contributed by atoms with Gasteiger partial charge in [0.1, 0.15) is 5.75 Å². The fourth-order valence-corrected chi connectivity index (χ4v) is 2.39. The topological polar surface area (TPSA) is 134 Å². The number of carbonyl (C=O) groups excluding carboxylic acids is 2. The van der Waals surface area contributed by atoms with Crippen molar-refractivity contribution in [2.45, 2.75) is 19.4 Å². The molecule has 0 spiro atoms. The summed E-state index contributed by atoms with van der Waals surface area (Å²) in [5.41, 5.74) is 6.31. The third-order valence-corrected chi connectivity index (χ3v) is 3.99. The zero-order valence-electron chi connectivity index (χ0n) is 15.5. The summed E-state index contributed by atoms with van der Waals surface area (Å²) < 4.78 is 10.2. The molecule has 2 aromatic rings. The molecular formula is C19H21N3O6. The van der Waals surface area contributed by atoms with Gasteiger partial charge in [0.25, 0.3) is 11.6 Å². The highest BCUT2D eigenvalue weighted by molar-refractivity contribution is 5.97. The molecule has 0 aliphatic rings. The summed E-state index contributed by atoms with van der Waals surface area (Å²) in [5.74, 6) is -0.536. The van der Waals surface area contributed by atoms with E-state index in [1.165, 1.54) is 13.0 Å². The molecule has 148 valence electrons. The predicted octanol–water partition coefficient (Wildman–Crippen LogP) is 2.09. The molecule has 2 rings (SSSR count). The van der Waals surface area contributed by atoms with E-state index in [0.717, 1.165) is 23.4 Å². The minimum absolute atomic E-state index is 0.0384. The number of hydrogen-bond acceptors (Lipinski definition) is 7. The highest BCUT2D eigenvalue weighted by Gasteiger charge is 2.21. The van der Waals surface area contributed by atoms with E-state index in [1.807, 2.05) is 24.3 Å². The SMILES string of the molecule is COc1ccc(CCNC(=O)[C@@H](C)OC(=O)c2ccc([N+](=O)[O-])cc2N)cc1. The lowest BCUT2D eigenvalue weighted by atomic mass is 10.1. The average molecular weight is 387 g/mol. The van der Waals surface area contributed by atoms with Crippen LogP contribution in [0.4, 0.5) is 11.4 Å². The summed E-state index contributed by atoms with van der Waals surface area (Å²) in [6, 6.07) is 10.9. The fraction of sp³-hybridized carbons (Fsp3) is 0.263. The number of anilines is 1. The number of nitrogens with zero attached hydrogens (tertiary/aromatic N) is 1. The van der Waals surface area contributed by atoms with Crippen molar-refractivity contribution in [3.8, 4) is 5.75 Å². The first-order chi connectivity index (χ1) is 13.3. The Hall–Kier alpha value is -3.62. The van der Waals surface area contributed by atoms with Crippen molar-refractivity contribution < 1.29 is 24.0 Å². The lowest BCUT2D eigenvalue weighted by Gasteiger charge is -2.14. The zero-order valence-corrected chi connectivity index (χ0v) is 15.5. The number of benzene rings is 2. The van der Waals surface area contributed by atoms with Crippen molar-refractivity contribution in [2.75, 3.05) is 19.4 Å². The quantitative estimate of drug-likeness (QED) is 0.306. The predicted molar refractivity (Wildman–Crippen MR) is 102 cm³/mol. The number of carbonyl (C=O) groups is 2. The standard InChI is InChI=1S/C19H21N3O6/c1-12(18(23)21-10-9-13-3-6-15(27-2)7-4-13)28-19(24)16-8-5-14(22(25)26)11-17(16)20/h3-8,11-12H,9-10,20H2,1-2H3,(H,21,23)/t12-/m1/s1. The number of methoxy groups -OCH3 is 1. The van der Waals surface area contributed by atoms with Crippen LogP contribution in [0.15, 0.2) is 42.5 Å². The number of amides is 1. The third-order valence-electron chi connectivity index (χ3n) is 3.99. The van der Waals surface area contributed by atoms with Crippen molar-refractivity contribution in [1.82, 2.24) is 5.32 Å². The molecule has 0 radical (unpaired) electrons. The van der Waals surface area contributed by atoms with E-state index in [1.54, 1.807) is 7.11 Å². The molecule has 0 saturated carbocycles. The summed E-state index contributed by atoms with van der Waals surface area (Å²) in [4.78, 5) is 34.3. The molecule has 9 nitrogen and oxygen atoms in total. The molecule has 9 heteroatoms. The first-order valence-corrected chi connectivity index (χ1v) is 8.47. The van der Waals surface area contributed by atoms with E-state index in [-0.39, 0.29) is 16.9 Å². The van der Waals surface area contributed by atoms with Gasteiger partial charge in [-0.25, -0.2) is 4.79 Å². The van der Waals surface area contributed by atoms with Gasteiger partial charge >= 0.3 is 5.97 Å². The molecule has 1 atom stereocenters. The van der Waals surface area contributed by atoms with E-state index >= 15 is 0 Å². The maximum atomic E-state index is 12.2. The molecule has 0 saturated heterocycles. The Kier molecular flexibility index (Phi) is 6.91. The Morgan fingerprint density at radius 3 is 2.46 bits per heavy atom. The number of esters is 1. The number of nitro groups is 1. The molecule has 28 heavy (non-hydrogen) atoms. The summed E-state index contributed by atoms with van der Waals surface area (Å²) in [7, 11) is 1.59. The number of ether oxygens (including phenoxy) is 2. The van der Waals surface area contributed by atoms with E-state index < -0.39 is 22.9 Å². The van der Waals surface area contributed by atoms with Gasteiger partial charge in [0.05, 0.1) is 23.3 Å². The van der Waals surface area contributed by atoms with Crippen LogP contribution < -0.4 is 15.8 Å². The van der Waals surface area contributed by atoms with E-state index in [2.05, 4.69) is 5.32 Å². The molecule has 1 amide bonds. The van der Waals surface area contributed by atoms with Crippen molar-refractivity contribution in [1.29, 1.82) is 0 Å². The first kappa shape index (κ1) is 20.7. The summed E-state index contributed by atoms with van der Waals surface area (Å²) >= 11 is 0. The molecular weight excluding hydrogens is 366 g/mol. The summed E-state index contributed by atoms with van der Waals surface area (Å²) in [5, 5.41) is 13.4. The monoisotopic (exact) mass is 387 g/mol. The van der Waals surface area contributed by atoms with E-state index in [4.69, 9.17) is 15.2 Å². The van der Waals surface area contributed by atoms with Crippen molar-refractivity contribution in [3.05, 3.63) is 63.7 Å². The van der Waals surface area contributed by atoms with Gasteiger partial charge in [-0.05, 0) is 37.1 Å². The Balaban J connectivity index is 1.85. The Morgan fingerprint density at radius 2 is 1.89 bits per heavy atom. The van der Waals surface area contributed by atoms with E-state index in [9.17, 15) is 19.7 Å². The smallest absolute Gasteiger partial charge is 0.341 e. The fourth-order valence-electron chi connectivity index (χ4n) is 2.39. The van der Waals surface area contributed by atoms with Crippen LogP contribution in [0.1, 0.15) is 22.8 Å². The summed E-state index contributed by atoms with van der Waals surface area (Å²) in [6.45, 7) is 1.80. The maximum absolute atomic E-state index is 12.2. The number of hydrogen-bond donors (Lipinski definition) is 2. The zero-order chi connectivity index (χ0) is 20.7. The number of rotatable bonds is 8. The lowest BCUT2D eigenvalue weighted by Crippen LogP contribution is -2.37. The molecule has 0 aromatic heterocycles. The number of nitrogens with two attached hydrogens (primary N) is 1. The lowest BCUT2D eigenvalue weighted by molar-refractivity contribution is -0.384. The number of nitrogens with one attached hydrogen (secondary N) is 1. The summed E-state index contributed by atoms with van der Waals surface area (Å²) in [6.07, 6.45) is -0.441. The molecule has 3 N–H and O–H groups in total. The van der Waals surface area contributed by atoms with Crippen LogP contribution in [0.5, 0.6) is 5.75 Å².